The zero-order chi connectivity index (χ0) is 6.69. The van der Waals surface area contributed by atoms with Crippen molar-refractivity contribution < 1.29 is 4.55 Å². The fourth-order valence-electron chi connectivity index (χ4n) is 0.644. The van der Waals surface area contributed by atoms with Crippen molar-refractivity contribution in [3.63, 3.8) is 0 Å². The molecule has 0 aliphatic rings. The molecule has 0 aliphatic carbocycles. The second-order valence-electron chi connectivity index (χ2n) is 1.86. The molecule has 0 radical (unpaired) electrons. The van der Waals surface area contributed by atoms with Crippen LogP contribution in [0.25, 0.3) is 0 Å². The predicted octanol–water partition coefficient (Wildman–Crippen LogP) is 2.15. The quantitative estimate of drug-likeness (QED) is 0.576. The molecule has 0 saturated heterocycles. The van der Waals surface area contributed by atoms with E-state index in [9.17, 15) is 0 Å². The highest BCUT2D eigenvalue weighted by molar-refractivity contribution is 8.11. The van der Waals surface area contributed by atoms with E-state index in [-0.39, 0.29) is 0 Å². The van der Waals surface area contributed by atoms with Gasteiger partial charge in [-0.2, -0.15) is 0 Å². The molecule has 0 aliphatic heterocycles. The number of hydrogen-bond acceptors (Lipinski definition) is 1. The van der Waals surface area contributed by atoms with Gasteiger partial charge in [0.1, 0.15) is 0 Å². The molecule has 9 heavy (non-hydrogen) atoms. The van der Waals surface area contributed by atoms with Crippen molar-refractivity contribution in [2.45, 2.75) is 4.90 Å². The Balaban J connectivity index is 2.85. The fraction of sp³-hybridized carbons (Fsp3) is 0.143. The fourth-order valence-corrected chi connectivity index (χ4v) is 1.25. The molecule has 1 N–H and O–H groups in total. The molecule has 0 heterocycles. The molecule has 0 spiro atoms. The predicted molar refractivity (Wildman–Crippen MR) is 42.2 cm³/mol. The maximum atomic E-state index is 9.09. The summed E-state index contributed by atoms with van der Waals surface area (Å²) >= 11 is -0.896. The van der Waals surface area contributed by atoms with E-state index in [2.05, 4.69) is 0 Å². The van der Waals surface area contributed by atoms with Crippen molar-refractivity contribution in [3.8, 4) is 0 Å². The van der Waals surface area contributed by atoms with Gasteiger partial charge in [0.2, 0.25) is 0 Å². The van der Waals surface area contributed by atoms with Crippen LogP contribution in [0.3, 0.4) is 0 Å². The number of thiol groups is 1. The molecule has 1 nitrogen and oxygen atoms in total. The molecule has 0 bridgehead atoms. The molecular weight excluding hydrogens is 132 g/mol. The number of benzene rings is 1. The van der Waals surface area contributed by atoms with E-state index >= 15 is 0 Å². The average Bonchev–Trinajstić information content (AvgIpc) is 1.90. The van der Waals surface area contributed by atoms with Gasteiger partial charge in [0.05, 0.1) is 0 Å². The van der Waals surface area contributed by atoms with E-state index in [1.165, 1.54) is 0 Å². The van der Waals surface area contributed by atoms with Gasteiger partial charge in [-0.3, -0.25) is 0 Å². The Morgan fingerprint density at radius 2 is 1.78 bits per heavy atom. The third kappa shape index (κ3) is 1.73. The Morgan fingerprint density at radius 1 is 1.22 bits per heavy atom. The van der Waals surface area contributed by atoms with Gasteiger partial charge in [-0.1, -0.05) is 18.2 Å². The molecule has 1 aromatic carbocycles. The first-order valence-electron chi connectivity index (χ1n) is 2.78. The number of hydrogen-bond donors (Lipinski definition) is 2. The lowest BCUT2D eigenvalue weighted by Gasteiger charge is -2.05. The van der Waals surface area contributed by atoms with E-state index in [1.54, 1.807) is 0 Å². The smallest absolute Gasteiger partial charge is 0.00944 e. The van der Waals surface area contributed by atoms with Crippen molar-refractivity contribution in [2.75, 3.05) is 6.26 Å². The minimum atomic E-state index is -0.896. The zero-order valence-corrected chi connectivity index (χ0v) is 6.18. The summed E-state index contributed by atoms with van der Waals surface area (Å²) in [6.07, 6.45) is 1.82. The molecule has 1 rings (SSSR count). The van der Waals surface area contributed by atoms with E-state index in [4.69, 9.17) is 4.55 Å². The molecule has 1 aromatic rings. The first kappa shape index (κ1) is 6.65. The van der Waals surface area contributed by atoms with Crippen molar-refractivity contribution in [1.82, 2.24) is 0 Å². The lowest BCUT2D eigenvalue weighted by atomic mass is 10.4. The summed E-state index contributed by atoms with van der Waals surface area (Å²) in [4.78, 5) is 1.03. The molecule has 50 valence electrons. The summed E-state index contributed by atoms with van der Waals surface area (Å²) in [5, 5.41) is 0. The Kier molecular flexibility index (Phi) is 2.14. The monoisotopic (exact) mass is 142 g/mol. The van der Waals surface area contributed by atoms with Crippen LogP contribution in [0.2, 0.25) is 0 Å². The molecular formula is C7H10OS. The van der Waals surface area contributed by atoms with Crippen LogP contribution in [0.4, 0.5) is 0 Å². The molecule has 0 aromatic heterocycles. The van der Waals surface area contributed by atoms with Crippen molar-refractivity contribution in [3.05, 3.63) is 30.3 Å². The van der Waals surface area contributed by atoms with Gasteiger partial charge in [-0.25, -0.2) is 0 Å². The van der Waals surface area contributed by atoms with Crippen LogP contribution in [-0.4, -0.2) is 10.8 Å². The average molecular weight is 142 g/mol. The standard InChI is InChI=1S/C7H10OS/c1-9(8)7-5-3-2-4-6-7/h2-6,8-9H,1H3. The minimum Gasteiger partial charge on any atom is -0.350 e. The van der Waals surface area contributed by atoms with Crippen molar-refractivity contribution in [2.24, 2.45) is 0 Å². The van der Waals surface area contributed by atoms with Crippen molar-refractivity contribution >= 4 is 11.2 Å². The molecule has 0 saturated carbocycles. The van der Waals surface area contributed by atoms with Crippen LogP contribution in [0.5, 0.6) is 0 Å². The number of rotatable bonds is 1. The summed E-state index contributed by atoms with van der Waals surface area (Å²) in [6.45, 7) is 0. The summed E-state index contributed by atoms with van der Waals surface area (Å²) in [5.74, 6) is 0. The Hall–Kier alpha value is -0.470. The first-order chi connectivity index (χ1) is 4.30. The maximum Gasteiger partial charge on any atom is 0.00944 e. The highest BCUT2D eigenvalue weighted by Crippen LogP contribution is 2.25. The van der Waals surface area contributed by atoms with Gasteiger partial charge in [0.15, 0.2) is 0 Å². The first-order valence-corrected chi connectivity index (χ1v) is 4.52. The lowest BCUT2D eigenvalue weighted by Crippen LogP contribution is -1.74. The maximum absolute atomic E-state index is 9.09. The van der Waals surface area contributed by atoms with Gasteiger partial charge in [0.25, 0.3) is 0 Å². The SMILES string of the molecule is C[SH](O)c1ccccc1. The third-order valence-electron chi connectivity index (χ3n) is 1.13. The molecule has 1 unspecified atom stereocenters. The normalized spacial score (nSPS) is 15.1. The van der Waals surface area contributed by atoms with E-state index in [1.807, 2.05) is 36.6 Å². The largest absolute Gasteiger partial charge is 0.350 e. The second-order valence-corrected chi connectivity index (χ2v) is 3.42. The molecule has 0 fully saturated rings. The van der Waals surface area contributed by atoms with Crippen LogP contribution in [0, 0.1) is 0 Å². The lowest BCUT2D eigenvalue weighted by molar-refractivity contribution is 0.651. The topological polar surface area (TPSA) is 20.2 Å². The highest BCUT2D eigenvalue weighted by Gasteiger charge is 1.90. The second kappa shape index (κ2) is 2.90. The Labute approximate surface area is 57.9 Å². The van der Waals surface area contributed by atoms with Gasteiger partial charge < -0.3 is 4.55 Å². The Bertz CT molecular complexity index is 172. The zero-order valence-electron chi connectivity index (χ0n) is 5.28. The van der Waals surface area contributed by atoms with E-state index < -0.39 is 11.2 Å². The minimum absolute atomic E-state index is 0.896. The van der Waals surface area contributed by atoms with E-state index in [0.717, 1.165) is 4.90 Å². The van der Waals surface area contributed by atoms with Crippen LogP contribution >= 0.6 is 11.2 Å². The third-order valence-corrected chi connectivity index (χ3v) is 2.18. The Morgan fingerprint density at radius 3 is 2.11 bits per heavy atom. The van der Waals surface area contributed by atoms with Crippen LogP contribution in [-0.2, 0) is 0 Å². The molecule has 0 amide bonds. The van der Waals surface area contributed by atoms with E-state index in [0.29, 0.717) is 0 Å². The van der Waals surface area contributed by atoms with Crippen LogP contribution in [0.1, 0.15) is 0 Å². The van der Waals surface area contributed by atoms with Crippen LogP contribution in [0.15, 0.2) is 35.2 Å². The van der Waals surface area contributed by atoms with Gasteiger partial charge in [0, 0.05) is 4.90 Å². The summed E-state index contributed by atoms with van der Waals surface area (Å²) < 4.78 is 9.09. The van der Waals surface area contributed by atoms with Gasteiger partial charge >= 0.3 is 0 Å². The van der Waals surface area contributed by atoms with Crippen LogP contribution < -0.4 is 0 Å². The van der Waals surface area contributed by atoms with Crippen molar-refractivity contribution in [1.29, 1.82) is 0 Å². The molecule has 1 atom stereocenters. The van der Waals surface area contributed by atoms with Gasteiger partial charge in [-0.05, 0) is 18.4 Å². The highest BCUT2D eigenvalue weighted by atomic mass is 32.2. The van der Waals surface area contributed by atoms with Gasteiger partial charge in [-0.15, -0.1) is 11.2 Å². The summed E-state index contributed by atoms with van der Waals surface area (Å²) in [5.41, 5.74) is 0. The molecule has 2 heteroatoms. The summed E-state index contributed by atoms with van der Waals surface area (Å²) in [7, 11) is 0. The summed E-state index contributed by atoms with van der Waals surface area (Å²) in [6, 6.07) is 9.69.